The molecule has 44 valence electrons. The van der Waals surface area contributed by atoms with Crippen LogP contribution < -0.4 is 0 Å². The molecule has 0 aromatic heterocycles. The van der Waals surface area contributed by atoms with Crippen molar-refractivity contribution in [3.63, 3.8) is 0 Å². The smallest absolute Gasteiger partial charge is 0.0651 e. The first-order valence-electron chi connectivity index (χ1n) is 1.79. The molecule has 0 aromatic rings. The van der Waals surface area contributed by atoms with Gasteiger partial charge in [-0.05, 0) is 38.5 Å². The first-order chi connectivity index (χ1) is 3.81. The van der Waals surface area contributed by atoms with Crippen LogP contribution in [0.2, 0.25) is 0 Å². The van der Waals surface area contributed by atoms with Crippen LogP contribution in [0.3, 0.4) is 0 Å². The second-order valence-corrected chi connectivity index (χ2v) is 2.38. The molecule has 0 saturated carbocycles. The van der Waals surface area contributed by atoms with Crippen molar-refractivity contribution in [3.8, 4) is 0 Å². The summed E-state index contributed by atoms with van der Waals surface area (Å²) in [6.07, 6.45) is 2.74. The Bertz CT molecular complexity index is 130. The molecule has 0 saturated heterocycles. The molecule has 0 aromatic carbocycles. The van der Waals surface area contributed by atoms with Gasteiger partial charge in [-0.3, -0.25) is 4.99 Å². The number of rotatable bonds is 2. The van der Waals surface area contributed by atoms with E-state index in [1.165, 1.54) is 6.21 Å². The molecule has 0 radical (unpaired) electrons. The van der Waals surface area contributed by atoms with Crippen LogP contribution in [0.4, 0.5) is 0 Å². The van der Waals surface area contributed by atoms with Crippen molar-refractivity contribution in [2.24, 2.45) is 4.99 Å². The highest BCUT2D eigenvalue weighted by Crippen LogP contribution is 1.98. The third-order valence-electron chi connectivity index (χ3n) is 0.392. The first kappa shape index (κ1) is 8.29. The fraction of sp³-hybridized carbons (Fsp3) is 0. The second kappa shape index (κ2) is 5.43. The zero-order chi connectivity index (χ0) is 6.41. The number of nitrogens with one attached hydrogen (secondary N) is 1. The Kier molecular flexibility index (Phi) is 5.62. The van der Waals surface area contributed by atoms with Gasteiger partial charge in [0.2, 0.25) is 0 Å². The molecule has 4 heteroatoms. The maximum Gasteiger partial charge on any atom is 0.0651 e. The minimum atomic E-state index is 0.672. The minimum Gasteiger partial charge on any atom is -0.308 e. The van der Waals surface area contributed by atoms with Crippen molar-refractivity contribution in [3.05, 3.63) is 10.7 Å². The standard InChI is InChI=1S/C4H4BrIN2/c5-4(1-7)2-8-3-6/h1-3,7H/b4-2+,7-1?,8-3?. The number of allylic oxidation sites excluding steroid dienone is 1. The van der Waals surface area contributed by atoms with Gasteiger partial charge in [0.05, 0.1) is 8.70 Å². The number of aliphatic imine (C=N–C) groups is 1. The maximum absolute atomic E-state index is 6.67. The van der Waals surface area contributed by atoms with Gasteiger partial charge in [-0.2, -0.15) is 0 Å². The Hall–Kier alpha value is 0.290. The Morgan fingerprint density at radius 2 is 2.38 bits per heavy atom. The monoisotopic (exact) mass is 286 g/mol. The first-order valence-corrected chi connectivity index (χ1v) is 3.83. The van der Waals surface area contributed by atoms with Gasteiger partial charge >= 0.3 is 0 Å². The normalized spacial score (nSPS) is 12.5. The molecule has 2 nitrogen and oxygen atoms in total. The van der Waals surface area contributed by atoms with E-state index in [0.29, 0.717) is 4.48 Å². The quantitative estimate of drug-likeness (QED) is 0.598. The van der Waals surface area contributed by atoms with Crippen molar-refractivity contribution in [1.29, 1.82) is 5.41 Å². The van der Waals surface area contributed by atoms with Crippen LogP contribution in [0.5, 0.6) is 0 Å². The van der Waals surface area contributed by atoms with E-state index in [0.717, 1.165) is 0 Å². The molecule has 0 unspecified atom stereocenters. The molecule has 0 aliphatic heterocycles. The van der Waals surface area contributed by atoms with Crippen molar-refractivity contribution in [2.75, 3.05) is 0 Å². The molecule has 0 bridgehead atoms. The number of hydrogen-bond donors (Lipinski definition) is 1. The van der Waals surface area contributed by atoms with E-state index >= 15 is 0 Å². The molecule has 0 spiro atoms. The molecular formula is C4H4BrIN2. The van der Waals surface area contributed by atoms with Crippen LogP contribution in [-0.2, 0) is 0 Å². The Morgan fingerprint density at radius 3 is 2.75 bits per heavy atom. The van der Waals surface area contributed by atoms with E-state index in [-0.39, 0.29) is 0 Å². The van der Waals surface area contributed by atoms with Crippen molar-refractivity contribution in [2.45, 2.75) is 0 Å². The lowest BCUT2D eigenvalue weighted by Crippen LogP contribution is -1.65. The molecule has 8 heavy (non-hydrogen) atoms. The fourth-order valence-corrected chi connectivity index (χ4v) is 0.416. The van der Waals surface area contributed by atoms with Crippen molar-refractivity contribution >= 4 is 49.0 Å². The molecule has 0 rings (SSSR count). The van der Waals surface area contributed by atoms with Gasteiger partial charge in [-0.15, -0.1) is 0 Å². The summed E-state index contributed by atoms with van der Waals surface area (Å²) in [5.74, 6) is 0. The highest BCUT2D eigenvalue weighted by atomic mass is 127. The van der Waals surface area contributed by atoms with E-state index < -0.39 is 0 Å². The molecular weight excluding hydrogens is 283 g/mol. The molecule has 1 N–H and O–H groups in total. The van der Waals surface area contributed by atoms with Crippen LogP contribution in [0.1, 0.15) is 0 Å². The number of hydrogen-bond acceptors (Lipinski definition) is 2. The van der Waals surface area contributed by atoms with Gasteiger partial charge in [0.1, 0.15) is 0 Å². The van der Waals surface area contributed by atoms with Crippen LogP contribution in [0.15, 0.2) is 15.7 Å². The predicted molar refractivity (Wildman–Crippen MR) is 48.3 cm³/mol. The number of halogens is 2. The van der Waals surface area contributed by atoms with Gasteiger partial charge in [-0.25, -0.2) is 0 Å². The molecule has 0 atom stereocenters. The summed E-state index contributed by atoms with van der Waals surface area (Å²) in [5, 5.41) is 6.67. The van der Waals surface area contributed by atoms with Crippen molar-refractivity contribution < 1.29 is 0 Å². The largest absolute Gasteiger partial charge is 0.308 e. The van der Waals surface area contributed by atoms with Gasteiger partial charge in [-0.1, -0.05) is 0 Å². The Balaban J connectivity index is 3.74. The summed E-state index contributed by atoms with van der Waals surface area (Å²) in [6.45, 7) is 0. The molecule has 0 amide bonds. The summed E-state index contributed by atoms with van der Waals surface area (Å²) in [4.78, 5) is 3.74. The fourth-order valence-electron chi connectivity index (χ4n) is 0.137. The molecule has 0 aliphatic carbocycles. The summed E-state index contributed by atoms with van der Waals surface area (Å²) in [7, 11) is 0. The van der Waals surface area contributed by atoms with Gasteiger partial charge in [0.15, 0.2) is 0 Å². The van der Waals surface area contributed by atoms with Gasteiger partial charge in [0.25, 0.3) is 0 Å². The van der Waals surface area contributed by atoms with E-state index in [1.807, 2.05) is 22.6 Å². The molecule has 0 aliphatic rings. The summed E-state index contributed by atoms with van der Waals surface area (Å²) in [5.41, 5.74) is 0. The Morgan fingerprint density at radius 1 is 1.75 bits per heavy atom. The highest BCUT2D eigenvalue weighted by molar-refractivity contribution is 14.1. The summed E-state index contributed by atoms with van der Waals surface area (Å²) < 4.78 is 2.30. The summed E-state index contributed by atoms with van der Waals surface area (Å²) >= 11 is 5.08. The predicted octanol–water partition coefficient (Wildman–Crippen LogP) is 2.34. The van der Waals surface area contributed by atoms with E-state index in [4.69, 9.17) is 5.41 Å². The van der Waals surface area contributed by atoms with Gasteiger partial charge < -0.3 is 5.41 Å². The second-order valence-electron chi connectivity index (χ2n) is 0.905. The SMILES string of the molecule is N=C/C(Br)=C\N=CI. The van der Waals surface area contributed by atoms with Crippen LogP contribution in [-0.4, -0.2) is 10.4 Å². The number of nitrogens with zero attached hydrogens (tertiary/aromatic N) is 1. The lowest BCUT2D eigenvalue weighted by atomic mass is 10.7. The average molecular weight is 287 g/mol. The Labute approximate surface area is 69.9 Å². The zero-order valence-corrected chi connectivity index (χ0v) is 7.68. The lowest BCUT2D eigenvalue weighted by Gasteiger charge is -1.76. The van der Waals surface area contributed by atoms with Crippen LogP contribution in [0.25, 0.3) is 0 Å². The zero-order valence-electron chi connectivity index (χ0n) is 3.94. The summed E-state index contributed by atoms with van der Waals surface area (Å²) in [6, 6.07) is 0. The molecule has 0 heterocycles. The van der Waals surface area contributed by atoms with E-state index in [9.17, 15) is 0 Å². The van der Waals surface area contributed by atoms with E-state index in [2.05, 4.69) is 20.9 Å². The van der Waals surface area contributed by atoms with Crippen LogP contribution >= 0.6 is 38.5 Å². The van der Waals surface area contributed by atoms with Gasteiger partial charge in [0, 0.05) is 12.4 Å². The van der Waals surface area contributed by atoms with Crippen molar-refractivity contribution in [1.82, 2.24) is 0 Å². The highest BCUT2D eigenvalue weighted by Gasteiger charge is 1.76. The maximum atomic E-state index is 6.67. The van der Waals surface area contributed by atoms with Crippen LogP contribution in [0, 0.1) is 5.41 Å². The lowest BCUT2D eigenvalue weighted by molar-refractivity contribution is 1.55. The third kappa shape index (κ3) is 4.45. The van der Waals surface area contributed by atoms with E-state index in [1.54, 1.807) is 10.4 Å². The third-order valence-corrected chi connectivity index (χ3v) is 1.15. The topological polar surface area (TPSA) is 36.2 Å². The average Bonchev–Trinajstić information content (AvgIpc) is 1.83. The minimum absolute atomic E-state index is 0.672. The molecule has 0 fully saturated rings.